The molecule has 0 spiro atoms. The van der Waals surface area contributed by atoms with Crippen molar-refractivity contribution in [3.8, 4) is 17.2 Å². The van der Waals surface area contributed by atoms with Gasteiger partial charge in [0.05, 0.1) is 24.3 Å². The van der Waals surface area contributed by atoms with Gasteiger partial charge in [0.25, 0.3) is 0 Å². The summed E-state index contributed by atoms with van der Waals surface area (Å²) in [6, 6.07) is 18.4. The monoisotopic (exact) mass is 488 g/mol. The highest BCUT2D eigenvalue weighted by Gasteiger charge is 2.13. The highest BCUT2D eigenvalue weighted by Crippen LogP contribution is 2.22. The lowest BCUT2D eigenvalue weighted by Gasteiger charge is -2.11. The van der Waals surface area contributed by atoms with Crippen LogP contribution in [0.4, 0.5) is 0 Å². The van der Waals surface area contributed by atoms with Crippen LogP contribution in [-0.2, 0) is 9.53 Å². The van der Waals surface area contributed by atoms with E-state index in [1.54, 1.807) is 54.6 Å². The fourth-order valence-corrected chi connectivity index (χ4v) is 3.15. The zero-order chi connectivity index (χ0) is 25.9. The molecule has 7 heteroatoms. The summed E-state index contributed by atoms with van der Waals surface area (Å²) in [4.78, 5) is 35.9. The van der Waals surface area contributed by atoms with Crippen LogP contribution in [0.25, 0.3) is 0 Å². The Kier molecular flexibility index (Phi) is 9.40. The molecule has 3 aromatic carbocycles. The molecule has 0 N–H and O–H groups in total. The predicted molar refractivity (Wildman–Crippen MR) is 135 cm³/mol. The average molecular weight is 489 g/mol. The molecule has 0 radical (unpaired) electrons. The first-order chi connectivity index (χ1) is 17.4. The third kappa shape index (κ3) is 7.84. The smallest absolute Gasteiger partial charge is 0.343 e. The molecule has 0 saturated heterocycles. The zero-order valence-electron chi connectivity index (χ0n) is 20.3. The summed E-state index contributed by atoms with van der Waals surface area (Å²) >= 11 is 0. The van der Waals surface area contributed by atoms with Gasteiger partial charge in [-0.25, -0.2) is 14.4 Å². The van der Waals surface area contributed by atoms with E-state index >= 15 is 0 Å². The first kappa shape index (κ1) is 26.2. The molecule has 0 bridgehead atoms. The number of esters is 3. The van der Waals surface area contributed by atoms with E-state index < -0.39 is 17.9 Å². The largest absolute Gasteiger partial charge is 0.493 e. The maximum Gasteiger partial charge on any atom is 0.343 e. The van der Waals surface area contributed by atoms with Crippen molar-refractivity contribution < 1.29 is 33.3 Å². The molecule has 0 saturated carbocycles. The van der Waals surface area contributed by atoms with Crippen molar-refractivity contribution in [2.45, 2.75) is 26.7 Å². The van der Waals surface area contributed by atoms with Crippen LogP contribution in [0.15, 0.2) is 79.4 Å². The van der Waals surface area contributed by atoms with Crippen LogP contribution in [0.5, 0.6) is 17.2 Å². The van der Waals surface area contributed by atoms with E-state index in [-0.39, 0.29) is 0 Å². The van der Waals surface area contributed by atoms with Gasteiger partial charge in [-0.3, -0.25) is 0 Å². The standard InChI is InChI=1S/C29H28O7/c1-4-27(30)34-18-6-5-17-33-26-16-11-23(19-21(26)3)29(32)36-25-14-9-22(10-15-25)28(31)35-24-12-7-20(2)8-13-24/h4,7-16,19H,1,5-6,17-18H2,2-3H3. The van der Waals surface area contributed by atoms with E-state index in [0.29, 0.717) is 54.4 Å². The topological polar surface area (TPSA) is 88.1 Å². The summed E-state index contributed by atoms with van der Waals surface area (Å²) in [7, 11) is 0. The molecule has 0 aliphatic carbocycles. The number of carbonyl (C=O) groups excluding carboxylic acids is 3. The minimum absolute atomic E-state index is 0.307. The highest BCUT2D eigenvalue weighted by atomic mass is 16.5. The van der Waals surface area contributed by atoms with Crippen molar-refractivity contribution in [2.75, 3.05) is 13.2 Å². The van der Waals surface area contributed by atoms with Crippen molar-refractivity contribution >= 4 is 17.9 Å². The van der Waals surface area contributed by atoms with Crippen LogP contribution in [0.1, 0.15) is 44.7 Å². The first-order valence-corrected chi connectivity index (χ1v) is 11.5. The number of rotatable bonds is 11. The second kappa shape index (κ2) is 12.9. The van der Waals surface area contributed by atoms with Crippen LogP contribution in [0.3, 0.4) is 0 Å². The summed E-state index contributed by atoms with van der Waals surface area (Å²) in [5.74, 6) is -0.0405. The molecule has 0 atom stereocenters. The quantitative estimate of drug-likeness (QED) is 0.150. The molecule has 0 aliphatic rings. The van der Waals surface area contributed by atoms with Gasteiger partial charge in [-0.1, -0.05) is 24.3 Å². The minimum atomic E-state index is -0.524. The van der Waals surface area contributed by atoms with E-state index in [0.717, 1.165) is 17.2 Å². The van der Waals surface area contributed by atoms with Gasteiger partial charge in [0.2, 0.25) is 0 Å². The van der Waals surface area contributed by atoms with Crippen LogP contribution < -0.4 is 14.2 Å². The number of benzene rings is 3. The van der Waals surface area contributed by atoms with Crippen LogP contribution >= 0.6 is 0 Å². The number of carbonyl (C=O) groups is 3. The highest BCUT2D eigenvalue weighted by molar-refractivity contribution is 5.93. The number of aryl methyl sites for hydroxylation is 2. The molecule has 0 aliphatic heterocycles. The Hall–Kier alpha value is -4.39. The van der Waals surface area contributed by atoms with Crippen molar-refractivity contribution in [2.24, 2.45) is 0 Å². The van der Waals surface area contributed by atoms with Crippen LogP contribution in [0.2, 0.25) is 0 Å². The Balaban J connectivity index is 1.49. The molecule has 3 rings (SSSR count). The Morgan fingerprint density at radius 3 is 1.92 bits per heavy atom. The summed E-state index contributed by atoms with van der Waals surface area (Å²) in [5.41, 5.74) is 2.57. The van der Waals surface area contributed by atoms with E-state index in [1.165, 1.54) is 0 Å². The normalized spacial score (nSPS) is 10.3. The molecule has 0 unspecified atom stereocenters. The van der Waals surface area contributed by atoms with Crippen molar-refractivity contribution in [3.05, 3.63) is 102 Å². The summed E-state index contributed by atoms with van der Waals surface area (Å²) in [6.45, 7) is 7.90. The minimum Gasteiger partial charge on any atom is -0.493 e. The summed E-state index contributed by atoms with van der Waals surface area (Å²) in [6.07, 6.45) is 2.51. The molecule has 0 fully saturated rings. The van der Waals surface area contributed by atoms with Crippen LogP contribution in [-0.4, -0.2) is 31.1 Å². The molecule has 186 valence electrons. The lowest BCUT2D eigenvalue weighted by atomic mass is 10.1. The third-order valence-corrected chi connectivity index (χ3v) is 5.15. The number of hydrogen-bond donors (Lipinski definition) is 0. The van der Waals surface area contributed by atoms with E-state index in [2.05, 4.69) is 6.58 Å². The second-order valence-corrected chi connectivity index (χ2v) is 8.02. The molecule has 0 aromatic heterocycles. The summed E-state index contributed by atoms with van der Waals surface area (Å²) in [5, 5.41) is 0. The molecule has 36 heavy (non-hydrogen) atoms. The molecular formula is C29H28O7. The van der Waals surface area contributed by atoms with Gasteiger partial charge in [-0.2, -0.15) is 0 Å². The van der Waals surface area contributed by atoms with Gasteiger partial charge in [-0.05, 0) is 86.8 Å². The Labute approximate surface area is 210 Å². The fraction of sp³-hybridized carbons (Fsp3) is 0.207. The van der Waals surface area contributed by atoms with Gasteiger partial charge >= 0.3 is 17.9 Å². The van der Waals surface area contributed by atoms with E-state index in [1.807, 2.05) is 26.0 Å². The number of ether oxygens (including phenoxy) is 4. The molecule has 0 amide bonds. The Bertz CT molecular complexity index is 1210. The van der Waals surface area contributed by atoms with E-state index in [4.69, 9.17) is 18.9 Å². The number of unbranched alkanes of at least 4 members (excludes halogenated alkanes) is 1. The maximum atomic E-state index is 12.6. The second-order valence-electron chi connectivity index (χ2n) is 8.02. The van der Waals surface area contributed by atoms with Crippen molar-refractivity contribution in [3.63, 3.8) is 0 Å². The summed E-state index contributed by atoms with van der Waals surface area (Å²) < 4.78 is 21.5. The van der Waals surface area contributed by atoms with Gasteiger partial charge in [-0.15, -0.1) is 0 Å². The Morgan fingerprint density at radius 2 is 1.31 bits per heavy atom. The lowest BCUT2D eigenvalue weighted by Crippen LogP contribution is -2.11. The Morgan fingerprint density at radius 1 is 0.750 bits per heavy atom. The lowest BCUT2D eigenvalue weighted by molar-refractivity contribution is -0.137. The molecule has 0 heterocycles. The molecular weight excluding hydrogens is 460 g/mol. The van der Waals surface area contributed by atoms with Gasteiger partial charge in [0.1, 0.15) is 17.2 Å². The van der Waals surface area contributed by atoms with Crippen molar-refractivity contribution in [1.82, 2.24) is 0 Å². The predicted octanol–water partition coefficient (Wildman–Crippen LogP) is 5.63. The van der Waals surface area contributed by atoms with Gasteiger partial charge in [0, 0.05) is 6.08 Å². The van der Waals surface area contributed by atoms with Crippen LogP contribution in [0, 0.1) is 13.8 Å². The maximum absolute atomic E-state index is 12.6. The van der Waals surface area contributed by atoms with Gasteiger partial charge in [0.15, 0.2) is 0 Å². The van der Waals surface area contributed by atoms with Gasteiger partial charge < -0.3 is 18.9 Å². The average Bonchev–Trinajstić information content (AvgIpc) is 2.88. The third-order valence-electron chi connectivity index (χ3n) is 5.15. The molecule has 3 aromatic rings. The van der Waals surface area contributed by atoms with Crippen molar-refractivity contribution in [1.29, 1.82) is 0 Å². The zero-order valence-corrected chi connectivity index (χ0v) is 20.3. The SMILES string of the molecule is C=CC(=O)OCCCCOc1ccc(C(=O)Oc2ccc(C(=O)Oc3ccc(C)cc3)cc2)cc1C. The fourth-order valence-electron chi connectivity index (χ4n) is 3.15. The first-order valence-electron chi connectivity index (χ1n) is 11.5. The number of hydrogen-bond acceptors (Lipinski definition) is 7. The van der Waals surface area contributed by atoms with E-state index in [9.17, 15) is 14.4 Å². The molecule has 7 nitrogen and oxygen atoms in total.